The Morgan fingerprint density at radius 1 is 1.26 bits per heavy atom. The van der Waals surface area contributed by atoms with Crippen LogP contribution < -0.4 is 10.6 Å². The third-order valence-electron chi connectivity index (χ3n) is 3.89. The highest BCUT2D eigenvalue weighted by Gasteiger charge is 2.27. The van der Waals surface area contributed by atoms with Gasteiger partial charge in [0.1, 0.15) is 5.60 Å². The summed E-state index contributed by atoms with van der Waals surface area (Å²) in [4.78, 5) is 11.7. The minimum absolute atomic E-state index is 0.315. The lowest BCUT2D eigenvalue weighted by Gasteiger charge is -2.23. The van der Waals surface area contributed by atoms with Crippen LogP contribution in [-0.4, -0.2) is 44.0 Å². The van der Waals surface area contributed by atoms with E-state index in [1.54, 1.807) is 0 Å². The standard InChI is InChI=1S/C18H36N2O3/c1-14(2)13-22-11-7-10-19-16-9-6-8-15(16)12-20-17(21)23-18(3,4)5/h14-16,19H,6-13H2,1-5H3,(H,20,21). The molecule has 2 N–H and O–H groups in total. The summed E-state index contributed by atoms with van der Waals surface area (Å²) in [6, 6.07) is 0.495. The maximum atomic E-state index is 11.7. The quantitative estimate of drug-likeness (QED) is 0.637. The molecule has 0 aromatic rings. The Kier molecular flexibility index (Phi) is 8.92. The molecular formula is C18H36N2O3. The molecule has 1 amide bonds. The lowest BCUT2D eigenvalue weighted by Crippen LogP contribution is -2.41. The van der Waals surface area contributed by atoms with Crippen LogP contribution in [0.15, 0.2) is 0 Å². The first kappa shape index (κ1) is 20.2. The largest absolute Gasteiger partial charge is 0.444 e. The molecule has 1 fully saturated rings. The number of ether oxygens (including phenoxy) is 2. The Morgan fingerprint density at radius 3 is 2.65 bits per heavy atom. The van der Waals surface area contributed by atoms with Crippen molar-refractivity contribution in [2.45, 2.75) is 71.9 Å². The predicted octanol–water partition coefficient (Wildman–Crippen LogP) is 3.33. The summed E-state index contributed by atoms with van der Waals surface area (Å²) in [5.74, 6) is 1.10. The maximum absolute atomic E-state index is 11.7. The maximum Gasteiger partial charge on any atom is 0.407 e. The van der Waals surface area contributed by atoms with Crippen LogP contribution >= 0.6 is 0 Å². The molecule has 5 heteroatoms. The van der Waals surface area contributed by atoms with Crippen molar-refractivity contribution < 1.29 is 14.3 Å². The number of hydrogen-bond donors (Lipinski definition) is 2. The molecule has 0 heterocycles. The summed E-state index contributed by atoms with van der Waals surface area (Å²) in [7, 11) is 0. The number of carbonyl (C=O) groups excluding carboxylic acids is 1. The molecule has 0 aromatic heterocycles. The minimum Gasteiger partial charge on any atom is -0.444 e. The number of carbonyl (C=O) groups is 1. The van der Waals surface area contributed by atoms with Crippen molar-refractivity contribution in [1.82, 2.24) is 10.6 Å². The second kappa shape index (κ2) is 10.1. The molecule has 0 radical (unpaired) electrons. The van der Waals surface area contributed by atoms with Crippen LogP contribution in [0.25, 0.3) is 0 Å². The highest BCUT2D eigenvalue weighted by atomic mass is 16.6. The normalized spacial score (nSPS) is 21.7. The smallest absolute Gasteiger partial charge is 0.407 e. The SMILES string of the molecule is CC(C)COCCCNC1CCCC1CNC(=O)OC(C)(C)C. The summed E-state index contributed by atoms with van der Waals surface area (Å²) < 4.78 is 10.9. The number of nitrogens with one attached hydrogen (secondary N) is 2. The monoisotopic (exact) mass is 328 g/mol. The van der Waals surface area contributed by atoms with E-state index in [0.29, 0.717) is 24.4 Å². The van der Waals surface area contributed by atoms with Gasteiger partial charge in [0.05, 0.1) is 0 Å². The molecule has 0 aromatic carbocycles. The summed E-state index contributed by atoms with van der Waals surface area (Å²) in [6.07, 6.45) is 4.30. The van der Waals surface area contributed by atoms with Crippen LogP contribution in [0.1, 0.15) is 60.3 Å². The number of alkyl carbamates (subject to hydrolysis) is 1. The van der Waals surface area contributed by atoms with E-state index in [4.69, 9.17) is 9.47 Å². The molecule has 0 saturated heterocycles. The number of hydrogen-bond acceptors (Lipinski definition) is 4. The summed E-state index contributed by atoms with van der Waals surface area (Å²) in [6.45, 7) is 13.3. The molecule has 2 atom stereocenters. The van der Waals surface area contributed by atoms with Gasteiger partial charge in [-0.3, -0.25) is 0 Å². The second-order valence-corrected chi connectivity index (χ2v) is 7.96. The van der Waals surface area contributed by atoms with E-state index in [1.807, 2.05) is 20.8 Å². The Bertz CT molecular complexity index is 340. The average Bonchev–Trinajstić information content (AvgIpc) is 2.85. The number of rotatable bonds is 9. The van der Waals surface area contributed by atoms with Gasteiger partial charge in [-0.25, -0.2) is 4.79 Å². The Labute approximate surface area is 141 Å². The van der Waals surface area contributed by atoms with Crippen molar-refractivity contribution in [1.29, 1.82) is 0 Å². The van der Waals surface area contributed by atoms with E-state index in [9.17, 15) is 4.79 Å². The van der Waals surface area contributed by atoms with Crippen molar-refractivity contribution in [2.75, 3.05) is 26.3 Å². The van der Waals surface area contributed by atoms with E-state index >= 15 is 0 Å². The summed E-state index contributed by atoms with van der Waals surface area (Å²) in [5, 5.41) is 6.53. The fourth-order valence-corrected chi connectivity index (χ4v) is 2.86. The summed E-state index contributed by atoms with van der Waals surface area (Å²) >= 11 is 0. The molecule has 1 aliphatic carbocycles. The topological polar surface area (TPSA) is 59.6 Å². The van der Waals surface area contributed by atoms with Crippen LogP contribution in [0.5, 0.6) is 0 Å². The Hall–Kier alpha value is -0.810. The molecule has 23 heavy (non-hydrogen) atoms. The van der Waals surface area contributed by atoms with E-state index in [0.717, 1.165) is 32.6 Å². The van der Waals surface area contributed by atoms with E-state index in [-0.39, 0.29) is 6.09 Å². The van der Waals surface area contributed by atoms with Gasteiger partial charge in [0, 0.05) is 25.8 Å². The molecule has 0 bridgehead atoms. The lowest BCUT2D eigenvalue weighted by atomic mass is 10.0. The fraction of sp³-hybridized carbons (Fsp3) is 0.944. The zero-order valence-corrected chi connectivity index (χ0v) is 15.6. The fourth-order valence-electron chi connectivity index (χ4n) is 2.86. The molecule has 0 spiro atoms. The second-order valence-electron chi connectivity index (χ2n) is 7.96. The third kappa shape index (κ3) is 9.82. The van der Waals surface area contributed by atoms with Gasteiger partial charge in [-0.1, -0.05) is 20.3 Å². The molecular weight excluding hydrogens is 292 g/mol. The van der Waals surface area contributed by atoms with Crippen molar-refractivity contribution >= 4 is 6.09 Å². The van der Waals surface area contributed by atoms with Crippen LogP contribution in [0.2, 0.25) is 0 Å². The molecule has 1 saturated carbocycles. The van der Waals surface area contributed by atoms with Crippen molar-refractivity contribution in [3.8, 4) is 0 Å². The Balaban J connectivity index is 2.15. The van der Waals surface area contributed by atoms with Crippen molar-refractivity contribution in [3.63, 3.8) is 0 Å². The van der Waals surface area contributed by atoms with Crippen LogP contribution in [-0.2, 0) is 9.47 Å². The third-order valence-corrected chi connectivity index (χ3v) is 3.89. The number of amides is 1. The molecule has 5 nitrogen and oxygen atoms in total. The Morgan fingerprint density at radius 2 is 2.00 bits per heavy atom. The molecule has 1 rings (SSSR count). The van der Waals surface area contributed by atoms with Gasteiger partial charge < -0.3 is 20.1 Å². The first-order valence-electron chi connectivity index (χ1n) is 9.06. The predicted molar refractivity (Wildman–Crippen MR) is 93.6 cm³/mol. The highest BCUT2D eigenvalue weighted by Crippen LogP contribution is 2.25. The molecule has 0 aliphatic heterocycles. The summed E-state index contributed by atoms with van der Waals surface area (Å²) in [5.41, 5.74) is -0.437. The average molecular weight is 328 g/mol. The first-order chi connectivity index (χ1) is 10.8. The van der Waals surface area contributed by atoms with Gasteiger partial charge in [-0.15, -0.1) is 0 Å². The molecule has 136 valence electrons. The van der Waals surface area contributed by atoms with Gasteiger partial charge >= 0.3 is 6.09 Å². The van der Waals surface area contributed by atoms with Gasteiger partial charge in [0.15, 0.2) is 0 Å². The van der Waals surface area contributed by atoms with Crippen LogP contribution in [0, 0.1) is 11.8 Å². The van der Waals surface area contributed by atoms with Crippen LogP contribution in [0.3, 0.4) is 0 Å². The lowest BCUT2D eigenvalue weighted by molar-refractivity contribution is 0.0517. The van der Waals surface area contributed by atoms with Crippen molar-refractivity contribution in [2.24, 2.45) is 11.8 Å². The van der Waals surface area contributed by atoms with Crippen LogP contribution in [0.4, 0.5) is 4.79 Å². The first-order valence-corrected chi connectivity index (χ1v) is 9.06. The van der Waals surface area contributed by atoms with Gasteiger partial charge in [-0.05, 0) is 58.4 Å². The van der Waals surface area contributed by atoms with Gasteiger partial charge in [0.2, 0.25) is 0 Å². The highest BCUT2D eigenvalue weighted by molar-refractivity contribution is 5.67. The van der Waals surface area contributed by atoms with E-state index in [2.05, 4.69) is 24.5 Å². The minimum atomic E-state index is -0.437. The van der Waals surface area contributed by atoms with Crippen molar-refractivity contribution in [3.05, 3.63) is 0 Å². The van der Waals surface area contributed by atoms with Gasteiger partial charge in [0.25, 0.3) is 0 Å². The zero-order valence-electron chi connectivity index (χ0n) is 15.6. The van der Waals surface area contributed by atoms with E-state index in [1.165, 1.54) is 12.8 Å². The molecule has 1 aliphatic rings. The molecule has 2 unspecified atom stereocenters. The van der Waals surface area contributed by atoms with Gasteiger partial charge in [-0.2, -0.15) is 0 Å². The zero-order chi connectivity index (χ0) is 17.3. The van der Waals surface area contributed by atoms with E-state index < -0.39 is 5.60 Å².